The molecule has 1 saturated heterocycles. The minimum Gasteiger partial charge on any atom is -0.497 e. The van der Waals surface area contributed by atoms with Crippen molar-refractivity contribution in [3.8, 4) is 5.75 Å². The van der Waals surface area contributed by atoms with Gasteiger partial charge in [-0.2, -0.15) is 0 Å². The minimum atomic E-state index is -0.163. The SMILES string of the molecule is COc1ccc(NC(=O)NCCN2CCCC2)cc1. The van der Waals surface area contributed by atoms with E-state index in [-0.39, 0.29) is 6.03 Å². The Balaban J connectivity index is 1.68. The predicted octanol–water partition coefficient (Wildman–Crippen LogP) is 1.91. The first kappa shape index (κ1) is 13.7. The summed E-state index contributed by atoms with van der Waals surface area (Å²) in [5.74, 6) is 0.778. The summed E-state index contributed by atoms with van der Waals surface area (Å²) < 4.78 is 5.06. The molecule has 2 amide bonds. The van der Waals surface area contributed by atoms with E-state index < -0.39 is 0 Å². The molecular weight excluding hydrogens is 242 g/mol. The molecule has 0 bridgehead atoms. The largest absolute Gasteiger partial charge is 0.497 e. The quantitative estimate of drug-likeness (QED) is 0.853. The van der Waals surface area contributed by atoms with Crippen LogP contribution in [-0.4, -0.2) is 44.2 Å². The molecule has 0 aromatic heterocycles. The van der Waals surface area contributed by atoms with E-state index >= 15 is 0 Å². The summed E-state index contributed by atoms with van der Waals surface area (Å²) in [6.45, 7) is 3.92. The number of methoxy groups -OCH3 is 1. The smallest absolute Gasteiger partial charge is 0.319 e. The van der Waals surface area contributed by atoms with E-state index in [1.165, 1.54) is 12.8 Å². The maximum absolute atomic E-state index is 11.7. The molecular formula is C14H21N3O2. The van der Waals surface area contributed by atoms with Crippen molar-refractivity contribution in [1.29, 1.82) is 0 Å². The van der Waals surface area contributed by atoms with Crippen molar-refractivity contribution >= 4 is 11.7 Å². The van der Waals surface area contributed by atoms with Crippen LogP contribution in [0.3, 0.4) is 0 Å². The number of likely N-dealkylation sites (tertiary alicyclic amines) is 1. The number of amides is 2. The second-order valence-corrected chi connectivity index (χ2v) is 4.66. The zero-order chi connectivity index (χ0) is 13.5. The van der Waals surface area contributed by atoms with Gasteiger partial charge >= 0.3 is 6.03 Å². The molecule has 0 saturated carbocycles. The highest BCUT2D eigenvalue weighted by Gasteiger charge is 2.10. The molecule has 1 heterocycles. The molecule has 0 atom stereocenters. The summed E-state index contributed by atoms with van der Waals surface area (Å²) in [5.41, 5.74) is 0.763. The van der Waals surface area contributed by atoms with Crippen molar-refractivity contribution in [3.05, 3.63) is 24.3 Å². The van der Waals surface area contributed by atoms with Gasteiger partial charge in [0, 0.05) is 18.8 Å². The average molecular weight is 263 g/mol. The molecule has 2 N–H and O–H groups in total. The van der Waals surface area contributed by atoms with E-state index in [1.807, 2.05) is 24.3 Å². The lowest BCUT2D eigenvalue weighted by atomic mass is 10.3. The molecule has 1 aliphatic heterocycles. The standard InChI is InChI=1S/C14H21N3O2/c1-19-13-6-4-12(5-7-13)16-14(18)15-8-11-17-9-2-3-10-17/h4-7H,2-3,8-11H2,1H3,(H2,15,16,18). The van der Waals surface area contributed by atoms with Gasteiger partial charge in [-0.05, 0) is 50.2 Å². The van der Waals surface area contributed by atoms with E-state index in [9.17, 15) is 4.79 Å². The Morgan fingerprint density at radius 1 is 1.26 bits per heavy atom. The van der Waals surface area contributed by atoms with Gasteiger partial charge in [0.1, 0.15) is 5.75 Å². The summed E-state index contributed by atoms with van der Waals surface area (Å²) in [5, 5.41) is 5.66. The van der Waals surface area contributed by atoms with Gasteiger partial charge in [-0.15, -0.1) is 0 Å². The predicted molar refractivity (Wildman–Crippen MR) is 75.7 cm³/mol. The third-order valence-corrected chi connectivity index (χ3v) is 3.26. The van der Waals surface area contributed by atoms with Crippen LogP contribution in [0.2, 0.25) is 0 Å². The van der Waals surface area contributed by atoms with E-state index in [1.54, 1.807) is 7.11 Å². The third kappa shape index (κ3) is 4.44. The molecule has 104 valence electrons. The first-order chi connectivity index (χ1) is 9.28. The van der Waals surface area contributed by atoms with Crippen LogP contribution in [0.5, 0.6) is 5.75 Å². The minimum absolute atomic E-state index is 0.163. The molecule has 1 aromatic carbocycles. The van der Waals surface area contributed by atoms with E-state index in [0.29, 0.717) is 6.54 Å². The number of rotatable bonds is 5. The zero-order valence-electron chi connectivity index (χ0n) is 11.3. The Kier molecular flexibility index (Phi) is 5.03. The van der Waals surface area contributed by atoms with Gasteiger partial charge < -0.3 is 20.3 Å². The highest BCUT2D eigenvalue weighted by atomic mass is 16.5. The van der Waals surface area contributed by atoms with Gasteiger partial charge in [0.05, 0.1) is 7.11 Å². The van der Waals surface area contributed by atoms with Crippen LogP contribution in [0, 0.1) is 0 Å². The summed E-state index contributed by atoms with van der Waals surface area (Å²) in [6, 6.07) is 7.11. The fraction of sp³-hybridized carbons (Fsp3) is 0.500. The van der Waals surface area contributed by atoms with Crippen molar-refractivity contribution in [3.63, 3.8) is 0 Å². The Hall–Kier alpha value is -1.75. The van der Waals surface area contributed by atoms with Gasteiger partial charge in [-0.25, -0.2) is 4.79 Å². The molecule has 1 aromatic rings. The number of ether oxygens (including phenoxy) is 1. The molecule has 1 fully saturated rings. The van der Waals surface area contributed by atoms with Crippen LogP contribution in [-0.2, 0) is 0 Å². The molecule has 5 heteroatoms. The topological polar surface area (TPSA) is 53.6 Å². The van der Waals surface area contributed by atoms with Crippen molar-refractivity contribution in [2.24, 2.45) is 0 Å². The number of hydrogen-bond acceptors (Lipinski definition) is 3. The Labute approximate surface area is 113 Å². The first-order valence-corrected chi connectivity index (χ1v) is 6.69. The van der Waals surface area contributed by atoms with E-state index in [4.69, 9.17) is 4.74 Å². The number of urea groups is 1. The molecule has 1 aliphatic rings. The molecule has 0 radical (unpaired) electrons. The van der Waals surface area contributed by atoms with Gasteiger partial charge in [-0.3, -0.25) is 0 Å². The highest BCUT2D eigenvalue weighted by Crippen LogP contribution is 2.14. The number of nitrogens with one attached hydrogen (secondary N) is 2. The lowest BCUT2D eigenvalue weighted by Crippen LogP contribution is -2.35. The number of benzene rings is 1. The number of carbonyl (C=O) groups excluding carboxylic acids is 1. The van der Waals surface area contributed by atoms with Gasteiger partial charge in [0.15, 0.2) is 0 Å². The van der Waals surface area contributed by atoms with Crippen LogP contribution in [0.15, 0.2) is 24.3 Å². The van der Waals surface area contributed by atoms with Crippen molar-refractivity contribution in [2.45, 2.75) is 12.8 Å². The summed E-state index contributed by atoms with van der Waals surface area (Å²) in [6.07, 6.45) is 2.55. The maximum atomic E-state index is 11.7. The van der Waals surface area contributed by atoms with Crippen molar-refractivity contribution < 1.29 is 9.53 Å². The summed E-state index contributed by atoms with van der Waals surface area (Å²) in [7, 11) is 1.62. The lowest BCUT2D eigenvalue weighted by Gasteiger charge is -2.15. The number of hydrogen-bond donors (Lipinski definition) is 2. The van der Waals surface area contributed by atoms with Crippen LogP contribution in [0.1, 0.15) is 12.8 Å². The monoisotopic (exact) mass is 263 g/mol. The van der Waals surface area contributed by atoms with Crippen LogP contribution in [0.4, 0.5) is 10.5 Å². The molecule has 0 spiro atoms. The molecule has 2 rings (SSSR count). The summed E-state index contributed by atoms with van der Waals surface area (Å²) >= 11 is 0. The lowest BCUT2D eigenvalue weighted by molar-refractivity contribution is 0.249. The molecule has 5 nitrogen and oxygen atoms in total. The Morgan fingerprint density at radius 2 is 1.95 bits per heavy atom. The first-order valence-electron chi connectivity index (χ1n) is 6.69. The Morgan fingerprint density at radius 3 is 2.58 bits per heavy atom. The zero-order valence-corrected chi connectivity index (χ0v) is 11.3. The third-order valence-electron chi connectivity index (χ3n) is 3.26. The maximum Gasteiger partial charge on any atom is 0.319 e. The van der Waals surface area contributed by atoms with Crippen molar-refractivity contribution in [2.75, 3.05) is 38.6 Å². The number of anilines is 1. The second-order valence-electron chi connectivity index (χ2n) is 4.66. The van der Waals surface area contributed by atoms with Crippen LogP contribution >= 0.6 is 0 Å². The normalized spacial score (nSPS) is 15.2. The van der Waals surface area contributed by atoms with E-state index in [0.717, 1.165) is 31.1 Å². The number of carbonyl (C=O) groups is 1. The molecule has 0 aliphatic carbocycles. The van der Waals surface area contributed by atoms with Crippen molar-refractivity contribution in [1.82, 2.24) is 10.2 Å². The van der Waals surface area contributed by atoms with E-state index in [2.05, 4.69) is 15.5 Å². The Bertz CT molecular complexity index is 400. The van der Waals surface area contributed by atoms with Gasteiger partial charge in [0.2, 0.25) is 0 Å². The van der Waals surface area contributed by atoms with Gasteiger partial charge in [-0.1, -0.05) is 0 Å². The summed E-state index contributed by atoms with van der Waals surface area (Å²) in [4.78, 5) is 14.0. The second kappa shape index (κ2) is 6.99. The fourth-order valence-electron chi connectivity index (χ4n) is 2.18. The molecule has 0 unspecified atom stereocenters. The van der Waals surface area contributed by atoms with Gasteiger partial charge in [0.25, 0.3) is 0 Å². The van der Waals surface area contributed by atoms with Crippen LogP contribution < -0.4 is 15.4 Å². The average Bonchev–Trinajstić information content (AvgIpc) is 2.93. The molecule has 19 heavy (non-hydrogen) atoms. The number of nitrogens with zero attached hydrogens (tertiary/aromatic N) is 1. The van der Waals surface area contributed by atoms with Crippen LogP contribution in [0.25, 0.3) is 0 Å². The highest BCUT2D eigenvalue weighted by molar-refractivity contribution is 5.89. The fourth-order valence-corrected chi connectivity index (χ4v) is 2.18.